The fourth-order valence-electron chi connectivity index (χ4n) is 2.64. The van der Waals surface area contributed by atoms with Crippen molar-refractivity contribution in [1.82, 2.24) is 4.90 Å². The van der Waals surface area contributed by atoms with Gasteiger partial charge < -0.3 is 0 Å². The molecule has 2 rings (SSSR count). The molecule has 0 heterocycles. The monoisotopic (exact) mass is 229 g/mol. The molecule has 0 aromatic heterocycles. The summed E-state index contributed by atoms with van der Waals surface area (Å²) >= 11 is 0. The van der Waals surface area contributed by atoms with Crippen molar-refractivity contribution >= 4 is 5.57 Å². The Hall–Kier alpha value is -1.08. The van der Waals surface area contributed by atoms with Gasteiger partial charge in [0.15, 0.2) is 0 Å². The Kier molecular flexibility index (Phi) is 4.01. The quantitative estimate of drug-likeness (QED) is 0.738. The second-order valence-electron chi connectivity index (χ2n) is 4.78. The van der Waals surface area contributed by atoms with Gasteiger partial charge in [0.25, 0.3) is 0 Å². The van der Waals surface area contributed by atoms with Crippen molar-refractivity contribution < 1.29 is 0 Å². The molecule has 1 fully saturated rings. The molecule has 0 saturated heterocycles. The number of allylic oxidation sites excluding steroid dienone is 1. The van der Waals surface area contributed by atoms with Crippen LogP contribution in [0.4, 0.5) is 0 Å². The Bertz CT molecular complexity index is 381. The third kappa shape index (κ3) is 2.78. The normalized spacial score (nSPS) is 16.1. The van der Waals surface area contributed by atoms with E-state index in [-0.39, 0.29) is 0 Å². The van der Waals surface area contributed by atoms with Gasteiger partial charge in [0.1, 0.15) is 0 Å². The third-order valence-electron chi connectivity index (χ3n) is 3.74. The molecule has 0 N–H and O–H groups in total. The van der Waals surface area contributed by atoms with Gasteiger partial charge in [-0.25, -0.2) is 0 Å². The Labute approximate surface area is 105 Å². The molecule has 1 aliphatic carbocycles. The third-order valence-corrected chi connectivity index (χ3v) is 3.74. The van der Waals surface area contributed by atoms with Crippen LogP contribution in [0.15, 0.2) is 35.9 Å². The first-order valence-corrected chi connectivity index (χ1v) is 6.79. The summed E-state index contributed by atoms with van der Waals surface area (Å²) in [7, 11) is 0. The van der Waals surface area contributed by atoms with Crippen molar-refractivity contribution in [3.05, 3.63) is 41.5 Å². The molecule has 1 aromatic rings. The summed E-state index contributed by atoms with van der Waals surface area (Å²) in [6.07, 6.45) is 2.60. The lowest BCUT2D eigenvalue weighted by Crippen LogP contribution is -2.33. The van der Waals surface area contributed by atoms with Crippen molar-refractivity contribution in [2.75, 3.05) is 13.1 Å². The van der Waals surface area contributed by atoms with Crippen LogP contribution < -0.4 is 0 Å². The molecule has 0 bridgehead atoms. The van der Waals surface area contributed by atoms with E-state index in [0.29, 0.717) is 6.04 Å². The van der Waals surface area contributed by atoms with E-state index in [1.165, 1.54) is 18.4 Å². The standard InChI is InChI=1S/C16H23N/c1-4-17(5-2)13(3)16(15-11-12-15)14-9-7-6-8-10-14/h6-10,13H,4-5,11-12H2,1-3H3. The fraction of sp³-hybridized carbons (Fsp3) is 0.500. The zero-order chi connectivity index (χ0) is 12.3. The Morgan fingerprint density at radius 3 is 2.18 bits per heavy atom. The molecule has 0 amide bonds. The second-order valence-corrected chi connectivity index (χ2v) is 4.78. The summed E-state index contributed by atoms with van der Waals surface area (Å²) in [5.41, 5.74) is 4.66. The van der Waals surface area contributed by atoms with Gasteiger partial charge in [-0.05, 0) is 44.0 Å². The predicted octanol–water partition coefficient (Wildman–Crippen LogP) is 3.96. The lowest BCUT2D eigenvalue weighted by molar-refractivity contribution is 0.274. The smallest absolute Gasteiger partial charge is 0.0325 e. The van der Waals surface area contributed by atoms with E-state index < -0.39 is 0 Å². The van der Waals surface area contributed by atoms with Crippen LogP contribution in [0, 0.1) is 0 Å². The molecule has 1 aliphatic rings. The summed E-state index contributed by atoms with van der Waals surface area (Å²) < 4.78 is 0. The van der Waals surface area contributed by atoms with Crippen LogP contribution in [0.2, 0.25) is 0 Å². The fourth-order valence-corrected chi connectivity index (χ4v) is 2.64. The van der Waals surface area contributed by atoms with E-state index in [2.05, 4.69) is 56.0 Å². The van der Waals surface area contributed by atoms with Gasteiger partial charge in [-0.2, -0.15) is 0 Å². The topological polar surface area (TPSA) is 3.24 Å². The molecular weight excluding hydrogens is 206 g/mol. The van der Waals surface area contributed by atoms with Crippen LogP contribution in [0.25, 0.3) is 5.57 Å². The highest BCUT2D eigenvalue weighted by Crippen LogP contribution is 2.39. The molecule has 0 spiro atoms. The number of hydrogen-bond acceptors (Lipinski definition) is 1. The highest BCUT2D eigenvalue weighted by Gasteiger charge is 2.25. The summed E-state index contributed by atoms with van der Waals surface area (Å²) in [5, 5.41) is 0. The van der Waals surface area contributed by atoms with E-state index >= 15 is 0 Å². The number of likely N-dealkylation sites (N-methyl/N-ethyl adjacent to an activating group) is 1. The van der Waals surface area contributed by atoms with Crippen molar-refractivity contribution in [1.29, 1.82) is 0 Å². The van der Waals surface area contributed by atoms with E-state index in [4.69, 9.17) is 0 Å². The van der Waals surface area contributed by atoms with Crippen LogP contribution in [0.1, 0.15) is 39.2 Å². The average Bonchev–Trinajstić information content (AvgIpc) is 3.17. The number of rotatable bonds is 5. The summed E-state index contributed by atoms with van der Waals surface area (Å²) in [4.78, 5) is 2.54. The van der Waals surface area contributed by atoms with Gasteiger partial charge in [-0.1, -0.05) is 49.8 Å². The molecule has 0 radical (unpaired) electrons. The zero-order valence-electron chi connectivity index (χ0n) is 11.2. The molecule has 1 atom stereocenters. The summed E-state index contributed by atoms with van der Waals surface area (Å²) in [6, 6.07) is 11.4. The number of benzene rings is 1. The lowest BCUT2D eigenvalue weighted by Gasteiger charge is -2.29. The maximum Gasteiger partial charge on any atom is 0.0325 e. The van der Waals surface area contributed by atoms with Gasteiger partial charge >= 0.3 is 0 Å². The minimum absolute atomic E-state index is 0.546. The van der Waals surface area contributed by atoms with Crippen LogP contribution in [-0.2, 0) is 0 Å². The molecule has 1 heteroatoms. The highest BCUT2D eigenvalue weighted by atomic mass is 15.1. The Balaban J connectivity index is 2.29. The van der Waals surface area contributed by atoms with Crippen LogP contribution in [0.5, 0.6) is 0 Å². The van der Waals surface area contributed by atoms with Gasteiger partial charge in [-0.3, -0.25) is 4.90 Å². The van der Waals surface area contributed by atoms with E-state index in [0.717, 1.165) is 13.1 Å². The van der Waals surface area contributed by atoms with Gasteiger partial charge in [0.05, 0.1) is 0 Å². The van der Waals surface area contributed by atoms with Crippen LogP contribution >= 0.6 is 0 Å². The largest absolute Gasteiger partial charge is 0.297 e. The maximum absolute atomic E-state index is 2.54. The summed E-state index contributed by atoms with van der Waals surface area (Å²) in [5.74, 6) is 0. The van der Waals surface area contributed by atoms with E-state index in [9.17, 15) is 0 Å². The molecule has 1 aromatic carbocycles. The molecule has 1 nitrogen and oxygen atoms in total. The van der Waals surface area contributed by atoms with Gasteiger partial charge in [0.2, 0.25) is 0 Å². The van der Waals surface area contributed by atoms with Crippen LogP contribution in [0.3, 0.4) is 0 Å². The van der Waals surface area contributed by atoms with Crippen molar-refractivity contribution in [3.63, 3.8) is 0 Å². The first kappa shape index (κ1) is 12.4. The molecule has 1 saturated carbocycles. The molecular formula is C16H23N. The SMILES string of the molecule is CCN(CC)C(C)C(=C1CC1)c1ccccc1. The highest BCUT2D eigenvalue weighted by molar-refractivity contribution is 5.74. The molecule has 17 heavy (non-hydrogen) atoms. The molecule has 92 valence electrons. The molecule has 1 unspecified atom stereocenters. The maximum atomic E-state index is 2.54. The van der Waals surface area contributed by atoms with Gasteiger partial charge in [-0.15, -0.1) is 0 Å². The van der Waals surface area contributed by atoms with E-state index in [1.54, 1.807) is 11.1 Å². The minimum Gasteiger partial charge on any atom is -0.297 e. The van der Waals surface area contributed by atoms with Crippen LogP contribution in [-0.4, -0.2) is 24.0 Å². The molecule has 0 aliphatic heterocycles. The van der Waals surface area contributed by atoms with Crippen molar-refractivity contribution in [3.8, 4) is 0 Å². The first-order chi connectivity index (χ1) is 8.27. The second kappa shape index (κ2) is 5.50. The number of hydrogen-bond donors (Lipinski definition) is 0. The predicted molar refractivity (Wildman–Crippen MR) is 75.0 cm³/mol. The van der Waals surface area contributed by atoms with E-state index in [1.807, 2.05) is 0 Å². The first-order valence-electron chi connectivity index (χ1n) is 6.79. The zero-order valence-corrected chi connectivity index (χ0v) is 11.2. The minimum atomic E-state index is 0.546. The van der Waals surface area contributed by atoms with Crippen molar-refractivity contribution in [2.45, 2.75) is 39.7 Å². The lowest BCUT2D eigenvalue weighted by atomic mass is 9.97. The average molecular weight is 229 g/mol. The van der Waals surface area contributed by atoms with Crippen molar-refractivity contribution in [2.24, 2.45) is 0 Å². The Morgan fingerprint density at radius 1 is 1.12 bits per heavy atom. The Morgan fingerprint density at radius 2 is 1.71 bits per heavy atom. The van der Waals surface area contributed by atoms with Gasteiger partial charge in [0, 0.05) is 6.04 Å². The number of nitrogens with zero attached hydrogens (tertiary/aromatic N) is 1. The summed E-state index contributed by atoms with van der Waals surface area (Å²) in [6.45, 7) is 9.10.